The third-order valence-electron chi connectivity index (χ3n) is 3.31. The summed E-state index contributed by atoms with van der Waals surface area (Å²) in [6.07, 6.45) is 5.53. The number of aromatic amines is 1. The second-order valence-electron chi connectivity index (χ2n) is 4.83. The first-order chi connectivity index (χ1) is 9.29. The predicted octanol–water partition coefficient (Wildman–Crippen LogP) is 3.17. The Bertz CT molecular complexity index is 501. The fraction of sp³-hybridized carbons (Fsp3) is 0.400. The van der Waals surface area contributed by atoms with Gasteiger partial charge in [-0.15, -0.1) is 0 Å². The zero-order valence-electron chi connectivity index (χ0n) is 11.0. The Morgan fingerprint density at radius 2 is 1.95 bits per heavy atom. The molecule has 1 aromatic heterocycles. The van der Waals surface area contributed by atoms with Gasteiger partial charge in [-0.1, -0.05) is 31.0 Å². The molecular formula is C15H20N2O2. The molecule has 0 aliphatic heterocycles. The summed E-state index contributed by atoms with van der Waals surface area (Å²) in [5, 5.41) is 9.61. The van der Waals surface area contributed by atoms with Gasteiger partial charge in [-0.25, -0.2) is 5.48 Å². The Labute approximate surface area is 112 Å². The Morgan fingerprint density at radius 3 is 2.74 bits per heavy atom. The molecule has 0 saturated carbocycles. The van der Waals surface area contributed by atoms with Crippen molar-refractivity contribution in [2.75, 3.05) is 0 Å². The number of carbonyl (C=O) groups is 1. The van der Waals surface area contributed by atoms with E-state index in [0.717, 1.165) is 32.1 Å². The zero-order valence-corrected chi connectivity index (χ0v) is 11.0. The van der Waals surface area contributed by atoms with Gasteiger partial charge in [-0.05, 0) is 36.8 Å². The number of hydrogen-bond donors (Lipinski definition) is 3. The number of amides is 1. The van der Waals surface area contributed by atoms with Crippen LogP contribution in [0.25, 0.3) is 10.9 Å². The maximum atomic E-state index is 10.8. The minimum absolute atomic E-state index is 0.296. The molecule has 1 amide bonds. The van der Waals surface area contributed by atoms with Crippen LogP contribution in [0.15, 0.2) is 30.3 Å². The van der Waals surface area contributed by atoms with Gasteiger partial charge in [-0.2, -0.15) is 0 Å². The molecule has 4 heteroatoms. The van der Waals surface area contributed by atoms with Crippen LogP contribution in [0.2, 0.25) is 0 Å². The highest BCUT2D eigenvalue weighted by molar-refractivity contribution is 5.80. The quantitative estimate of drug-likeness (QED) is 0.407. The number of benzene rings is 1. The smallest absolute Gasteiger partial charge is 0.243 e. The molecule has 0 aliphatic carbocycles. The monoisotopic (exact) mass is 260 g/mol. The van der Waals surface area contributed by atoms with E-state index in [4.69, 9.17) is 5.21 Å². The van der Waals surface area contributed by atoms with Crippen LogP contribution in [-0.2, 0) is 11.2 Å². The second-order valence-corrected chi connectivity index (χ2v) is 4.83. The third-order valence-corrected chi connectivity index (χ3v) is 3.31. The van der Waals surface area contributed by atoms with Crippen LogP contribution in [0, 0.1) is 0 Å². The van der Waals surface area contributed by atoms with E-state index < -0.39 is 0 Å². The highest BCUT2D eigenvalue weighted by Gasteiger charge is 2.01. The van der Waals surface area contributed by atoms with Crippen molar-refractivity contribution in [1.82, 2.24) is 10.5 Å². The van der Waals surface area contributed by atoms with Gasteiger partial charge in [-0.3, -0.25) is 10.0 Å². The molecule has 0 atom stereocenters. The standard InChI is InChI=1S/C15H20N2O2/c18-15(17-19)10-4-2-1-3-8-13-11-12-7-5-6-9-14(12)16-13/h5-7,9,11,16,19H,1-4,8,10H2,(H,17,18). The molecule has 1 aromatic carbocycles. The van der Waals surface area contributed by atoms with E-state index in [2.05, 4.69) is 23.2 Å². The summed E-state index contributed by atoms with van der Waals surface area (Å²) < 4.78 is 0. The number of nitrogens with one attached hydrogen (secondary N) is 2. The SMILES string of the molecule is O=C(CCCCCCc1cc2ccccc2[nH]1)NO. The minimum Gasteiger partial charge on any atom is -0.358 e. The fourth-order valence-corrected chi connectivity index (χ4v) is 2.28. The maximum absolute atomic E-state index is 10.8. The van der Waals surface area contributed by atoms with Crippen LogP contribution < -0.4 is 5.48 Å². The number of carbonyl (C=O) groups excluding carboxylic acids is 1. The zero-order chi connectivity index (χ0) is 13.5. The lowest BCUT2D eigenvalue weighted by Crippen LogP contribution is -2.17. The highest BCUT2D eigenvalue weighted by atomic mass is 16.5. The summed E-state index contributed by atoms with van der Waals surface area (Å²) in [5.41, 5.74) is 4.12. The summed E-state index contributed by atoms with van der Waals surface area (Å²) in [7, 11) is 0. The molecule has 0 unspecified atom stereocenters. The number of fused-ring (bicyclic) bond motifs is 1. The number of hydrogen-bond acceptors (Lipinski definition) is 2. The molecule has 0 aliphatic rings. The summed E-state index contributed by atoms with van der Waals surface area (Å²) in [5.74, 6) is -0.296. The highest BCUT2D eigenvalue weighted by Crippen LogP contribution is 2.16. The van der Waals surface area contributed by atoms with Crippen molar-refractivity contribution in [1.29, 1.82) is 0 Å². The molecule has 2 rings (SSSR count). The van der Waals surface area contributed by atoms with Crippen LogP contribution in [-0.4, -0.2) is 16.1 Å². The first-order valence-electron chi connectivity index (χ1n) is 6.79. The molecule has 0 bridgehead atoms. The van der Waals surface area contributed by atoms with Gasteiger partial charge in [0, 0.05) is 17.6 Å². The Balaban J connectivity index is 1.67. The van der Waals surface area contributed by atoms with Crippen LogP contribution in [0.1, 0.15) is 37.8 Å². The molecule has 3 N–H and O–H groups in total. The van der Waals surface area contributed by atoms with E-state index in [0.29, 0.717) is 6.42 Å². The van der Waals surface area contributed by atoms with Crippen molar-refractivity contribution in [3.8, 4) is 0 Å². The van der Waals surface area contributed by atoms with Gasteiger partial charge in [0.1, 0.15) is 0 Å². The fourth-order valence-electron chi connectivity index (χ4n) is 2.28. The van der Waals surface area contributed by atoms with Crippen molar-refractivity contribution in [2.45, 2.75) is 38.5 Å². The Kier molecular flexibility index (Phi) is 4.98. The topological polar surface area (TPSA) is 65.1 Å². The number of H-pyrrole nitrogens is 1. The van der Waals surface area contributed by atoms with Gasteiger partial charge in [0.05, 0.1) is 0 Å². The number of aryl methyl sites for hydroxylation is 1. The van der Waals surface area contributed by atoms with E-state index in [1.54, 1.807) is 5.48 Å². The molecule has 19 heavy (non-hydrogen) atoms. The molecule has 4 nitrogen and oxygen atoms in total. The van der Waals surface area contributed by atoms with Crippen LogP contribution in [0.5, 0.6) is 0 Å². The Morgan fingerprint density at radius 1 is 1.16 bits per heavy atom. The molecule has 0 radical (unpaired) electrons. The number of rotatable bonds is 7. The van der Waals surface area contributed by atoms with Gasteiger partial charge in [0.2, 0.25) is 5.91 Å². The molecule has 2 aromatic rings. The van der Waals surface area contributed by atoms with Gasteiger partial charge >= 0.3 is 0 Å². The van der Waals surface area contributed by atoms with Crippen molar-refractivity contribution in [3.05, 3.63) is 36.0 Å². The summed E-state index contributed by atoms with van der Waals surface area (Å²) in [6, 6.07) is 10.5. The van der Waals surface area contributed by atoms with Crippen molar-refractivity contribution >= 4 is 16.8 Å². The van der Waals surface area contributed by atoms with E-state index >= 15 is 0 Å². The molecule has 0 spiro atoms. The molecule has 102 valence electrons. The average molecular weight is 260 g/mol. The van der Waals surface area contributed by atoms with Crippen molar-refractivity contribution < 1.29 is 10.0 Å². The molecule has 1 heterocycles. The first kappa shape index (κ1) is 13.6. The maximum Gasteiger partial charge on any atom is 0.243 e. The van der Waals surface area contributed by atoms with Gasteiger partial charge < -0.3 is 4.98 Å². The number of aromatic nitrogens is 1. The van der Waals surface area contributed by atoms with Crippen LogP contribution in [0.3, 0.4) is 0 Å². The van der Waals surface area contributed by atoms with E-state index in [-0.39, 0.29) is 5.91 Å². The molecule has 0 saturated heterocycles. The summed E-state index contributed by atoms with van der Waals surface area (Å²) in [4.78, 5) is 14.2. The van der Waals surface area contributed by atoms with Crippen molar-refractivity contribution in [2.24, 2.45) is 0 Å². The first-order valence-corrected chi connectivity index (χ1v) is 6.79. The lowest BCUT2D eigenvalue weighted by molar-refractivity contribution is -0.129. The van der Waals surface area contributed by atoms with E-state index in [1.165, 1.54) is 16.6 Å². The Hall–Kier alpha value is -1.81. The minimum atomic E-state index is -0.296. The number of para-hydroxylation sites is 1. The lowest BCUT2D eigenvalue weighted by atomic mass is 10.1. The number of unbranched alkanes of at least 4 members (excludes halogenated alkanes) is 3. The van der Waals surface area contributed by atoms with Gasteiger partial charge in [0.15, 0.2) is 0 Å². The average Bonchev–Trinajstić information content (AvgIpc) is 2.84. The van der Waals surface area contributed by atoms with E-state index in [1.807, 2.05) is 12.1 Å². The summed E-state index contributed by atoms with van der Waals surface area (Å²) in [6.45, 7) is 0. The number of hydroxylamine groups is 1. The largest absolute Gasteiger partial charge is 0.358 e. The third kappa shape index (κ3) is 4.10. The normalized spacial score (nSPS) is 10.8. The van der Waals surface area contributed by atoms with Gasteiger partial charge in [0.25, 0.3) is 0 Å². The molecular weight excluding hydrogens is 240 g/mol. The van der Waals surface area contributed by atoms with E-state index in [9.17, 15) is 4.79 Å². The lowest BCUT2D eigenvalue weighted by Gasteiger charge is -2.00. The van der Waals surface area contributed by atoms with Crippen LogP contribution in [0.4, 0.5) is 0 Å². The van der Waals surface area contributed by atoms with Crippen molar-refractivity contribution in [3.63, 3.8) is 0 Å². The van der Waals surface area contributed by atoms with Crippen LogP contribution >= 0.6 is 0 Å². The second kappa shape index (κ2) is 6.95. The predicted molar refractivity (Wildman–Crippen MR) is 75.0 cm³/mol. The summed E-state index contributed by atoms with van der Waals surface area (Å²) >= 11 is 0. The molecule has 0 fully saturated rings.